The molecule has 2 heteroatoms. The second-order valence-corrected chi connectivity index (χ2v) is 2.50. The van der Waals surface area contributed by atoms with Crippen LogP contribution in [0.5, 0.6) is 0 Å². The Bertz CT molecular complexity index is 86.5. The van der Waals surface area contributed by atoms with Gasteiger partial charge in [-0.2, -0.15) is 0 Å². The predicted octanol–water partition coefficient (Wildman–Crippen LogP) is 0.313. The van der Waals surface area contributed by atoms with Gasteiger partial charge in [0.25, 0.3) is 0 Å². The van der Waals surface area contributed by atoms with Gasteiger partial charge in [0.15, 0.2) is 0 Å². The van der Waals surface area contributed by atoms with E-state index in [0.717, 1.165) is 19.1 Å². The first-order valence-electron chi connectivity index (χ1n) is 3.02. The van der Waals surface area contributed by atoms with Crippen LogP contribution in [0.2, 0.25) is 0 Å². The molecule has 0 aromatic rings. The maximum absolute atomic E-state index is 9.87. The van der Waals surface area contributed by atoms with Crippen molar-refractivity contribution in [2.24, 2.45) is 11.7 Å². The number of rotatable bonds is 2. The third kappa shape index (κ3) is 1.07. The quantitative estimate of drug-likeness (QED) is 0.524. The molecule has 0 bridgehead atoms. The standard InChI is InChI=1S/C6H11NO/c7-6-3-5(4-6)1-2-8/h2,5-6H,1,3-4,7H2. The fourth-order valence-electron chi connectivity index (χ4n) is 1.12. The Balaban J connectivity index is 2.06. The van der Waals surface area contributed by atoms with E-state index in [2.05, 4.69) is 0 Å². The van der Waals surface area contributed by atoms with Gasteiger partial charge in [-0.1, -0.05) is 0 Å². The lowest BCUT2D eigenvalue weighted by molar-refractivity contribution is -0.109. The van der Waals surface area contributed by atoms with Gasteiger partial charge in [0, 0.05) is 12.5 Å². The molecule has 1 rings (SSSR count). The monoisotopic (exact) mass is 113 g/mol. The maximum Gasteiger partial charge on any atom is 0.120 e. The highest BCUT2D eigenvalue weighted by Crippen LogP contribution is 2.27. The second-order valence-electron chi connectivity index (χ2n) is 2.50. The molecule has 1 saturated carbocycles. The van der Waals surface area contributed by atoms with Crippen LogP contribution >= 0.6 is 0 Å². The van der Waals surface area contributed by atoms with Gasteiger partial charge >= 0.3 is 0 Å². The smallest absolute Gasteiger partial charge is 0.120 e. The van der Waals surface area contributed by atoms with E-state index in [1.165, 1.54) is 0 Å². The highest BCUT2D eigenvalue weighted by Gasteiger charge is 2.24. The van der Waals surface area contributed by atoms with Crippen molar-refractivity contribution in [2.45, 2.75) is 25.3 Å². The van der Waals surface area contributed by atoms with Crippen LogP contribution in [-0.4, -0.2) is 12.3 Å². The summed E-state index contributed by atoms with van der Waals surface area (Å²) in [6.07, 6.45) is 3.81. The maximum atomic E-state index is 9.87. The number of aldehydes is 1. The molecule has 46 valence electrons. The minimum Gasteiger partial charge on any atom is -0.328 e. The molecule has 2 nitrogen and oxygen atoms in total. The summed E-state index contributed by atoms with van der Waals surface area (Å²) in [6.45, 7) is 0. The van der Waals surface area contributed by atoms with Crippen molar-refractivity contribution in [3.63, 3.8) is 0 Å². The van der Waals surface area contributed by atoms with Crippen molar-refractivity contribution in [3.05, 3.63) is 0 Å². The van der Waals surface area contributed by atoms with Crippen LogP contribution in [0.4, 0.5) is 0 Å². The molecule has 0 unspecified atom stereocenters. The van der Waals surface area contributed by atoms with Crippen LogP contribution in [-0.2, 0) is 4.79 Å². The molecule has 1 fully saturated rings. The van der Waals surface area contributed by atoms with Crippen LogP contribution in [0, 0.1) is 5.92 Å². The normalized spacial score (nSPS) is 36.1. The summed E-state index contributed by atoms with van der Waals surface area (Å²) >= 11 is 0. The Morgan fingerprint density at radius 1 is 1.62 bits per heavy atom. The van der Waals surface area contributed by atoms with Gasteiger partial charge in [-0.3, -0.25) is 0 Å². The van der Waals surface area contributed by atoms with E-state index < -0.39 is 0 Å². The summed E-state index contributed by atoms with van der Waals surface area (Å²) in [4.78, 5) is 9.87. The fourth-order valence-corrected chi connectivity index (χ4v) is 1.12. The third-order valence-corrected chi connectivity index (χ3v) is 1.70. The minimum absolute atomic E-state index is 0.389. The lowest BCUT2D eigenvalue weighted by atomic mass is 9.79. The second kappa shape index (κ2) is 2.27. The van der Waals surface area contributed by atoms with Crippen molar-refractivity contribution >= 4 is 6.29 Å². The van der Waals surface area contributed by atoms with Crippen molar-refractivity contribution in [1.29, 1.82) is 0 Å². The van der Waals surface area contributed by atoms with E-state index >= 15 is 0 Å². The molecule has 2 N–H and O–H groups in total. The van der Waals surface area contributed by atoms with Gasteiger partial charge in [-0.05, 0) is 18.8 Å². The number of hydrogen-bond acceptors (Lipinski definition) is 2. The van der Waals surface area contributed by atoms with Crippen molar-refractivity contribution in [3.8, 4) is 0 Å². The summed E-state index contributed by atoms with van der Waals surface area (Å²) in [7, 11) is 0. The first kappa shape index (κ1) is 5.76. The van der Waals surface area contributed by atoms with Crippen LogP contribution in [0.15, 0.2) is 0 Å². The Labute approximate surface area is 49.1 Å². The number of nitrogens with two attached hydrogens (primary N) is 1. The highest BCUT2D eigenvalue weighted by molar-refractivity contribution is 5.50. The first-order chi connectivity index (χ1) is 3.83. The zero-order chi connectivity index (χ0) is 5.98. The van der Waals surface area contributed by atoms with Gasteiger partial charge in [0.2, 0.25) is 0 Å². The molecular formula is C6H11NO. The molecule has 0 aliphatic heterocycles. The van der Waals surface area contributed by atoms with Gasteiger partial charge in [0.05, 0.1) is 0 Å². The zero-order valence-electron chi connectivity index (χ0n) is 4.84. The summed E-state index contributed by atoms with van der Waals surface area (Å²) in [6, 6.07) is 0.389. The summed E-state index contributed by atoms with van der Waals surface area (Å²) < 4.78 is 0. The Hall–Kier alpha value is -0.370. The Morgan fingerprint density at radius 3 is 2.62 bits per heavy atom. The molecular weight excluding hydrogens is 102 g/mol. The molecule has 8 heavy (non-hydrogen) atoms. The fraction of sp³-hybridized carbons (Fsp3) is 0.833. The largest absolute Gasteiger partial charge is 0.328 e. The summed E-state index contributed by atoms with van der Waals surface area (Å²) in [5, 5.41) is 0. The average molecular weight is 113 g/mol. The number of hydrogen-bond donors (Lipinski definition) is 1. The lowest BCUT2D eigenvalue weighted by Gasteiger charge is -2.30. The molecule has 0 radical (unpaired) electrons. The third-order valence-electron chi connectivity index (χ3n) is 1.70. The molecule has 0 aromatic heterocycles. The van der Waals surface area contributed by atoms with E-state index in [1.54, 1.807) is 0 Å². The molecule has 0 atom stereocenters. The number of carbonyl (C=O) groups excluding carboxylic acids is 1. The van der Waals surface area contributed by atoms with E-state index in [-0.39, 0.29) is 0 Å². The van der Waals surface area contributed by atoms with Gasteiger partial charge < -0.3 is 10.5 Å². The molecule has 0 amide bonds. The van der Waals surface area contributed by atoms with Crippen molar-refractivity contribution < 1.29 is 4.79 Å². The van der Waals surface area contributed by atoms with Gasteiger partial charge in [-0.15, -0.1) is 0 Å². The Morgan fingerprint density at radius 2 is 2.25 bits per heavy atom. The molecule has 0 aromatic carbocycles. The molecule has 0 saturated heterocycles. The topological polar surface area (TPSA) is 43.1 Å². The lowest BCUT2D eigenvalue weighted by Crippen LogP contribution is -2.36. The van der Waals surface area contributed by atoms with Gasteiger partial charge in [-0.25, -0.2) is 0 Å². The average Bonchev–Trinajstić information content (AvgIpc) is 1.64. The summed E-state index contributed by atoms with van der Waals surface area (Å²) in [5.74, 6) is 0.613. The van der Waals surface area contributed by atoms with Crippen molar-refractivity contribution in [1.82, 2.24) is 0 Å². The van der Waals surface area contributed by atoms with E-state index in [0.29, 0.717) is 18.4 Å². The highest BCUT2D eigenvalue weighted by atomic mass is 16.1. The Kier molecular flexibility index (Phi) is 1.63. The molecule has 0 heterocycles. The van der Waals surface area contributed by atoms with Crippen LogP contribution in [0.25, 0.3) is 0 Å². The summed E-state index contributed by atoms with van der Waals surface area (Å²) in [5.41, 5.74) is 5.48. The van der Waals surface area contributed by atoms with Crippen molar-refractivity contribution in [2.75, 3.05) is 0 Å². The predicted molar refractivity (Wildman–Crippen MR) is 31.4 cm³/mol. The zero-order valence-corrected chi connectivity index (χ0v) is 4.84. The SMILES string of the molecule is NC1CC(CC=O)C1. The van der Waals surface area contributed by atoms with E-state index in [4.69, 9.17) is 5.73 Å². The molecule has 0 spiro atoms. The first-order valence-corrected chi connectivity index (χ1v) is 3.02. The van der Waals surface area contributed by atoms with Crippen LogP contribution in [0.1, 0.15) is 19.3 Å². The van der Waals surface area contributed by atoms with E-state index in [9.17, 15) is 4.79 Å². The minimum atomic E-state index is 0.389. The van der Waals surface area contributed by atoms with E-state index in [1.807, 2.05) is 0 Å². The number of carbonyl (C=O) groups is 1. The van der Waals surface area contributed by atoms with Crippen LogP contribution in [0.3, 0.4) is 0 Å². The van der Waals surface area contributed by atoms with Gasteiger partial charge in [0.1, 0.15) is 6.29 Å². The molecule has 1 aliphatic rings. The molecule has 1 aliphatic carbocycles. The van der Waals surface area contributed by atoms with Crippen LogP contribution < -0.4 is 5.73 Å².